The predicted octanol–water partition coefficient (Wildman–Crippen LogP) is 7.58. The molecule has 5 aromatic rings. The minimum absolute atomic E-state index is 1.21. The lowest BCUT2D eigenvalue weighted by Gasteiger charge is -2.15. The van der Waals surface area contributed by atoms with E-state index in [0.29, 0.717) is 0 Å². The Balaban J connectivity index is 1.87. The van der Waals surface area contributed by atoms with Gasteiger partial charge < -0.3 is 0 Å². The van der Waals surface area contributed by atoms with Gasteiger partial charge in [-0.3, -0.25) is 0 Å². The van der Waals surface area contributed by atoms with Crippen molar-refractivity contribution in [2.24, 2.45) is 0 Å². The number of hydrogen-bond acceptors (Lipinski definition) is 0. The largest absolute Gasteiger partial charge is 0.0622 e. The molecule has 0 saturated heterocycles. The van der Waals surface area contributed by atoms with Gasteiger partial charge in [-0.25, -0.2) is 0 Å². The summed E-state index contributed by atoms with van der Waals surface area (Å²) >= 11 is 0. The second-order valence-corrected chi connectivity index (χ2v) is 7.03. The molecule has 0 heteroatoms. The van der Waals surface area contributed by atoms with Crippen molar-refractivity contribution in [3.8, 4) is 0 Å². The quantitative estimate of drug-likeness (QED) is 0.231. The Hall–Kier alpha value is -3.64. The second kappa shape index (κ2) is 7.17. The first kappa shape index (κ1) is 16.5. The Morgan fingerprint density at radius 1 is 0.500 bits per heavy atom. The molecule has 0 nitrogen and oxygen atoms in total. The lowest BCUT2D eigenvalue weighted by Crippen LogP contribution is -1.92. The van der Waals surface area contributed by atoms with Crippen LogP contribution in [0.25, 0.3) is 33.2 Å². The Kier molecular flexibility index (Phi) is 4.23. The van der Waals surface area contributed by atoms with Crippen LogP contribution in [0.2, 0.25) is 0 Å². The summed E-state index contributed by atoms with van der Waals surface area (Å²) in [6.45, 7) is 0. The van der Waals surface area contributed by atoms with E-state index in [9.17, 15) is 0 Å². The van der Waals surface area contributed by atoms with E-state index in [1.165, 1.54) is 43.8 Å². The van der Waals surface area contributed by atoms with Gasteiger partial charge in [0.1, 0.15) is 0 Å². The van der Waals surface area contributed by atoms with Crippen molar-refractivity contribution in [3.63, 3.8) is 0 Å². The van der Waals surface area contributed by atoms with Crippen molar-refractivity contribution in [1.82, 2.24) is 0 Å². The normalized spacial score (nSPS) is 11.8. The fourth-order valence-electron chi connectivity index (χ4n) is 3.93. The van der Waals surface area contributed by atoms with Crippen LogP contribution in [-0.4, -0.2) is 0 Å². The number of fused-ring (bicyclic) bond motifs is 3. The maximum Gasteiger partial charge on any atom is -0.00928 e. The van der Waals surface area contributed by atoms with Gasteiger partial charge in [-0.2, -0.15) is 0 Å². The van der Waals surface area contributed by atoms with E-state index in [1.807, 2.05) is 0 Å². The van der Waals surface area contributed by atoms with Gasteiger partial charge in [0.2, 0.25) is 0 Å². The summed E-state index contributed by atoms with van der Waals surface area (Å²) in [5.41, 5.74) is 4.95. The van der Waals surface area contributed by atoms with Crippen molar-refractivity contribution in [2.45, 2.75) is 0 Å². The molecule has 0 aliphatic carbocycles. The van der Waals surface area contributed by atoms with Crippen molar-refractivity contribution < 1.29 is 0 Å². The smallest absolute Gasteiger partial charge is 0.00928 e. The van der Waals surface area contributed by atoms with Crippen molar-refractivity contribution >= 4 is 33.2 Å². The van der Waals surface area contributed by atoms with E-state index in [0.717, 1.165) is 0 Å². The Morgan fingerprint density at radius 2 is 1.07 bits per heavy atom. The van der Waals surface area contributed by atoms with Crippen LogP contribution in [0, 0.1) is 0 Å². The van der Waals surface area contributed by atoms with E-state index in [4.69, 9.17) is 0 Å². The second-order valence-electron chi connectivity index (χ2n) is 7.03. The maximum atomic E-state index is 2.33. The topological polar surface area (TPSA) is 0 Å². The van der Waals surface area contributed by atoms with E-state index in [2.05, 4.69) is 121 Å². The molecule has 5 rings (SSSR count). The van der Waals surface area contributed by atoms with E-state index in [-0.39, 0.29) is 0 Å². The fourth-order valence-corrected chi connectivity index (χ4v) is 3.93. The molecular formula is C28H20. The summed E-state index contributed by atoms with van der Waals surface area (Å²) in [5, 5.41) is 5.15. The summed E-state index contributed by atoms with van der Waals surface area (Å²) < 4.78 is 0. The molecule has 0 radical (unpaired) electrons. The van der Waals surface area contributed by atoms with Crippen LogP contribution in [0.3, 0.4) is 0 Å². The van der Waals surface area contributed by atoms with Crippen molar-refractivity contribution in [3.05, 3.63) is 132 Å². The highest BCUT2D eigenvalue weighted by atomic mass is 14.2. The van der Waals surface area contributed by atoms with Gasteiger partial charge >= 0.3 is 0 Å². The standard InChI is InChI=1S/C28H20/c1-3-11-21(12-4-1)19-27(22-13-5-2-6-14-22)28-20-23-15-7-8-16-24(23)25-17-9-10-18-26(25)28/h1-20H/b27-19-. The molecule has 0 unspecified atom stereocenters. The monoisotopic (exact) mass is 356 g/mol. The molecule has 28 heavy (non-hydrogen) atoms. The third-order valence-corrected chi connectivity index (χ3v) is 5.25. The van der Waals surface area contributed by atoms with E-state index >= 15 is 0 Å². The van der Waals surface area contributed by atoms with Gasteiger partial charge in [0.25, 0.3) is 0 Å². The minimum Gasteiger partial charge on any atom is -0.0622 e. The third-order valence-electron chi connectivity index (χ3n) is 5.25. The Labute approximate surface area is 165 Å². The summed E-state index contributed by atoms with van der Waals surface area (Å²) in [6.07, 6.45) is 2.30. The summed E-state index contributed by atoms with van der Waals surface area (Å²) in [6, 6.07) is 40.9. The molecule has 0 aliphatic heterocycles. The average molecular weight is 356 g/mol. The van der Waals surface area contributed by atoms with Gasteiger partial charge in [-0.05, 0) is 56.0 Å². The molecule has 0 aliphatic rings. The molecule has 132 valence electrons. The van der Waals surface area contributed by atoms with Crippen LogP contribution in [0.4, 0.5) is 0 Å². The molecule has 0 saturated carbocycles. The van der Waals surface area contributed by atoms with Gasteiger partial charge in [0.05, 0.1) is 0 Å². The maximum absolute atomic E-state index is 2.33. The first-order valence-electron chi connectivity index (χ1n) is 9.63. The highest BCUT2D eigenvalue weighted by Gasteiger charge is 2.12. The van der Waals surface area contributed by atoms with Gasteiger partial charge in [-0.1, -0.05) is 109 Å². The molecule has 5 aromatic carbocycles. The van der Waals surface area contributed by atoms with Gasteiger partial charge in [-0.15, -0.1) is 0 Å². The van der Waals surface area contributed by atoms with E-state index in [1.54, 1.807) is 0 Å². The zero-order valence-corrected chi connectivity index (χ0v) is 15.5. The molecule has 0 amide bonds. The van der Waals surface area contributed by atoms with E-state index < -0.39 is 0 Å². The average Bonchev–Trinajstić information content (AvgIpc) is 2.78. The molecule has 0 fully saturated rings. The van der Waals surface area contributed by atoms with Crippen LogP contribution < -0.4 is 0 Å². The number of rotatable bonds is 3. The van der Waals surface area contributed by atoms with Gasteiger partial charge in [0.15, 0.2) is 0 Å². The van der Waals surface area contributed by atoms with Crippen LogP contribution in [-0.2, 0) is 0 Å². The summed E-state index contributed by atoms with van der Waals surface area (Å²) in [4.78, 5) is 0. The molecule has 0 spiro atoms. The molecule has 0 N–H and O–H groups in total. The molecular weight excluding hydrogens is 336 g/mol. The zero-order chi connectivity index (χ0) is 18.8. The Bertz CT molecular complexity index is 1280. The zero-order valence-electron chi connectivity index (χ0n) is 15.5. The van der Waals surface area contributed by atoms with Crippen LogP contribution in [0.5, 0.6) is 0 Å². The molecule has 0 aromatic heterocycles. The lowest BCUT2D eigenvalue weighted by molar-refractivity contribution is 1.58. The predicted molar refractivity (Wildman–Crippen MR) is 121 cm³/mol. The lowest BCUT2D eigenvalue weighted by atomic mass is 9.89. The third kappa shape index (κ3) is 3.00. The highest BCUT2D eigenvalue weighted by molar-refractivity contribution is 6.14. The van der Waals surface area contributed by atoms with Crippen LogP contribution in [0.15, 0.2) is 115 Å². The van der Waals surface area contributed by atoms with Crippen LogP contribution >= 0.6 is 0 Å². The molecule has 0 heterocycles. The van der Waals surface area contributed by atoms with Crippen LogP contribution in [0.1, 0.15) is 16.7 Å². The number of benzene rings is 5. The first-order chi connectivity index (χ1) is 13.9. The number of hydrogen-bond donors (Lipinski definition) is 0. The van der Waals surface area contributed by atoms with Gasteiger partial charge in [0, 0.05) is 0 Å². The fraction of sp³-hybridized carbons (Fsp3) is 0. The highest BCUT2D eigenvalue weighted by Crippen LogP contribution is 2.36. The summed E-state index contributed by atoms with van der Waals surface area (Å²) in [7, 11) is 0. The molecule has 0 bridgehead atoms. The first-order valence-corrected chi connectivity index (χ1v) is 9.63. The molecule has 0 atom stereocenters. The summed E-state index contributed by atoms with van der Waals surface area (Å²) in [5.74, 6) is 0. The van der Waals surface area contributed by atoms with Crippen molar-refractivity contribution in [2.75, 3.05) is 0 Å². The minimum atomic E-state index is 1.21. The van der Waals surface area contributed by atoms with Crippen molar-refractivity contribution in [1.29, 1.82) is 0 Å². The Morgan fingerprint density at radius 3 is 1.82 bits per heavy atom. The SMILES string of the molecule is C(=C(\c1ccccc1)c1cc2ccccc2c2ccccc12)/c1ccccc1.